The number of aliphatic hydroxyl groups is 1. The average Bonchev–Trinajstić information content (AvgIpc) is 2.97. The molecule has 0 radical (unpaired) electrons. The van der Waals surface area contributed by atoms with Crippen LogP contribution >= 0.6 is 0 Å². The van der Waals surface area contributed by atoms with Gasteiger partial charge in [0.15, 0.2) is 6.61 Å². The maximum absolute atomic E-state index is 11.6. The maximum Gasteiger partial charge on any atom is 0.344 e. The van der Waals surface area contributed by atoms with Crippen molar-refractivity contribution in [3.05, 3.63) is 59.7 Å². The number of hydrogen-bond donors (Lipinski definition) is 2. The fraction of sp³-hybridized carbons (Fsp3) is 0.458. The molecule has 1 unspecified atom stereocenters. The Bertz CT molecular complexity index is 795. The Morgan fingerprint density at radius 1 is 1.13 bits per heavy atom. The molecule has 162 valence electrons. The first-order chi connectivity index (χ1) is 14.7. The van der Waals surface area contributed by atoms with E-state index in [1.807, 2.05) is 42.5 Å². The summed E-state index contributed by atoms with van der Waals surface area (Å²) in [4.78, 5) is 11.6. The van der Waals surface area contributed by atoms with Gasteiger partial charge < -0.3 is 24.6 Å². The lowest BCUT2D eigenvalue weighted by Gasteiger charge is -2.22. The molecule has 0 saturated heterocycles. The van der Waals surface area contributed by atoms with E-state index in [1.165, 1.54) is 11.1 Å². The molecule has 30 heavy (non-hydrogen) atoms. The molecule has 0 bridgehead atoms. The van der Waals surface area contributed by atoms with Gasteiger partial charge in [-0.3, -0.25) is 0 Å². The van der Waals surface area contributed by atoms with Gasteiger partial charge in [0, 0.05) is 12.6 Å². The first-order valence-electron chi connectivity index (χ1n) is 10.7. The standard InChI is InChI=1S/C24H31NO5/c1-2-28-24(27)17-30-21-13-12-18-8-6-7-11-23(22(18)14-21)25-15-19(26)16-29-20-9-4-3-5-10-20/h3-5,9-10,12-14,19,23,25-26H,2,6-8,11,15-17H2,1H3/t19-,23?/m0/s1. The zero-order chi connectivity index (χ0) is 21.2. The number of aliphatic hydroxyl groups excluding tert-OH is 1. The normalized spacial score (nSPS) is 16.8. The molecule has 2 aromatic rings. The van der Waals surface area contributed by atoms with Gasteiger partial charge in [0.25, 0.3) is 0 Å². The highest BCUT2D eigenvalue weighted by Gasteiger charge is 2.20. The molecule has 6 heteroatoms. The van der Waals surface area contributed by atoms with Crippen LogP contribution in [-0.2, 0) is 16.0 Å². The van der Waals surface area contributed by atoms with Crippen molar-refractivity contribution in [3.8, 4) is 11.5 Å². The number of para-hydroxylation sites is 1. The summed E-state index contributed by atoms with van der Waals surface area (Å²) in [6.07, 6.45) is 3.64. The number of nitrogens with one attached hydrogen (secondary N) is 1. The van der Waals surface area contributed by atoms with E-state index in [1.54, 1.807) is 6.92 Å². The third-order valence-electron chi connectivity index (χ3n) is 5.13. The van der Waals surface area contributed by atoms with Gasteiger partial charge in [0.05, 0.1) is 6.61 Å². The van der Waals surface area contributed by atoms with Crippen molar-refractivity contribution in [2.75, 3.05) is 26.4 Å². The molecule has 0 amide bonds. The molecule has 1 aliphatic carbocycles. The zero-order valence-electron chi connectivity index (χ0n) is 17.5. The Labute approximate surface area is 178 Å². The number of aryl methyl sites for hydroxylation is 1. The Balaban J connectivity index is 1.57. The van der Waals surface area contributed by atoms with Crippen molar-refractivity contribution in [2.45, 2.75) is 44.8 Å². The van der Waals surface area contributed by atoms with Crippen LogP contribution in [0.25, 0.3) is 0 Å². The maximum atomic E-state index is 11.6. The third-order valence-corrected chi connectivity index (χ3v) is 5.13. The number of hydrogen-bond acceptors (Lipinski definition) is 6. The average molecular weight is 414 g/mol. The lowest BCUT2D eigenvalue weighted by atomic mass is 9.98. The van der Waals surface area contributed by atoms with Crippen molar-refractivity contribution in [3.63, 3.8) is 0 Å². The van der Waals surface area contributed by atoms with Crippen LogP contribution in [0, 0.1) is 0 Å². The van der Waals surface area contributed by atoms with Gasteiger partial charge in [-0.1, -0.05) is 30.7 Å². The van der Waals surface area contributed by atoms with Gasteiger partial charge in [-0.05, 0) is 61.6 Å². The Kier molecular flexibility index (Phi) is 8.53. The number of rotatable bonds is 10. The van der Waals surface area contributed by atoms with Crippen LogP contribution in [0.2, 0.25) is 0 Å². The fourth-order valence-corrected chi connectivity index (χ4v) is 3.64. The molecule has 0 fully saturated rings. The van der Waals surface area contributed by atoms with E-state index in [2.05, 4.69) is 11.4 Å². The van der Waals surface area contributed by atoms with Crippen molar-refractivity contribution in [1.29, 1.82) is 0 Å². The number of benzene rings is 2. The Morgan fingerprint density at radius 3 is 2.77 bits per heavy atom. The zero-order valence-corrected chi connectivity index (χ0v) is 17.5. The molecule has 0 spiro atoms. The van der Waals surface area contributed by atoms with Gasteiger partial charge in [0.2, 0.25) is 0 Å². The summed E-state index contributed by atoms with van der Waals surface area (Å²) in [5, 5.41) is 13.8. The van der Waals surface area contributed by atoms with E-state index in [0.29, 0.717) is 18.9 Å². The first-order valence-corrected chi connectivity index (χ1v) is 10.7. The molecular weight excluding hydrogens is 382 g/mol. The lowest BCUT2D eigenvalue weighted by Crippen LogP contribution is -2.34. The molecule has 0 saturated carbocycles. The van der Waals surface area contributed by atoms with E-state index >= 15 is 0 Å². The third kappa shape index (κ3) is 6.75. The Morgan fingerprint density at radius 2 is 1.97 bits per heavy atom. The fourth-order valence-electron chi connectivity index (χ4n) is 3.64. The van der Waals surface area contributed by atoms with Crippen LogP contribution in [0.4, 0.5) is 0 Å². The summed E-state index contributed by atoms with van der Waals surface area (Å²) in [7, 11) is 0. The molecule has 2 atom stereocenters. The van der Waals surface area contributed by atoms with Gasteiger partial charge in [-0.25, -0.2) is 4.79 Å². The van der Waals surface area contributed by atoms with Crippen molar-refractivity contribution in [2.24, 2.45) is 0 Å². The van der Waals surface area contributed by atoms with Crippen LogP contribution in [-0.4, -0.2) is 43.5 Å². The van der Waals surface area contributed by atoms with Crippen molar-refractivity contribution >= 4 is 5.97 Å². The number of fused-ring (bicyclic) bond motifs is 1. The second-order valence-corrected chi connectivity index (χ2v) is 7.44. The van der Waals surface area contributed by atoms with Crippen LogP contribution < -0.4 is 14.8 Å². The smallest absolute Gasteiger partial charge is 0.344 e. The largest absolute Gasteiger partial charge is 0.491 e. The highest BCUT2D eigenvalue weighted by Crippen LogP contribution is 2.31. The van der Waals surface area contributed by atoms with E-state index < -0.39 is 6.10 Å². The van der Waals surface area contributed by atoms with E-state index in [9.17, 15) is 9.90 Å². The molecule has 2 aromatic carbocycles. The SMILES string of the molecule is CCOC(=O)COc1ccc2c(c1)C(NC[C@H](O)COc1ccccc1)CCCC2. The topological polar surface area (TPSA) is 77.0 Å². The second-order valence-electron chi connectivity index (χ2n) is 7.44. The van der Waals surface area contributed by atoms with Crippen LogP contribution in [0.15, 0.2) is 48.5 Å². The molecule has 6 nitrogen and oxygen atoms in total. The molecular formula is C24H31NO5. The summed E-state index contributed by atoms with van der Waals surface area (Å²) in [6, 6.07) is 15.6. The Hall–Kier alpha value is -2.57. The number of carbonyl (C=O) groups excluding carboxylic acids is 1. The summed E-state index contributed by atoms with van der Waals surface area (Å²) >= 11 is 0. The first kappa shape index (κ1) is 22.1. The van der Waals surface area contributed by atoms with Crippen LogP contribution in [0.1, 0.15) is 43.4 Å². The highest BCUT2D eigenvalue weighted by molar-refractivity contribution is 5.71. The van der Waals surface area contributed by atoms with Crippen molar-refractivity contribution < 1.29 is 24.1 Å². The molecule has 2 N–H and O–H groups in total. The number of carbonyl (C=O) groups is 1. The summed E-state index contributed by atoms with van der Waals surface area (Å²) in [6.45, 7) is 2.69. The predicted molar refractivity (Wildman–Crippen MR) is 115 cm³/mol. The number of esters is 1. The van der Waals surface area contributed by atoms with Gasteiger partial charge in [-0.15, -0.1) is 0 Å². The monoisotopic (exact) mass is 413 g/mol. The minimum absolute atomic E-state index is 0.0970. The van der Waals surface area contributed by atoms with E-state index in [4.69, 9.17) is 14.2 Å². The molecule has 3 rings (SSSR count). The summed E-state index contributed by atoms with van der Waals surface area (Å²) in [5.74, 6) is 1.03. The molecule has 1 aliphatic rings. The molecule has 0 heterocycles. The van der Waals surface area contributed by atoms with Crippen LogP contribution in [0.3, 0.4) is 0 Å². The molecule has 0 aliphatic heterocycles. The minimum atomic E-state index is -0.611. The molecule has 0 aromatic heterocycles. The van der Waals surface area contributed by atoms with Gasteiger partial charge in [-0.2, -0.15) is 0 Å². The predicted octanol–water partition coefficient (Wildman–Crippen LogP) is 3.43. The van der Waals surface area contributed by atoms with Gasteiger partial charge in [0.1, 0.15) is 24.2 Å². The number of ether oxygens (including phenoxy) is 3. The summed E-state index contributed by atoms with van der Waals surface area (Å²) < 4.78 is 16.2. The van der Waals surface area contributed by atoms with E-state index in [-0.39, 0.29) is 25.2 Å². The van der Waals surface area contributed by atoms with Gasteiger partial charge >= 0.3 is 5.97 Å². The summed E-state index contributed by atoms with van der Waals surface area (Å²) in [5.41, 5.74) is 2.45. The minimum Gasteiger partial charge on any atom is -0.491 e. The van der Waals surface area contributed by atoms with Crippen LogP contribution in [0.5, 0.6) is 11.5 Å². The lowest BCUT2D eigenvalue weighted by molar-refractivity contribution is -0.145. The second kappa shape index (κ2) is 11.6. The van der Waals surface area contributed by atoms with Crippen molar-refractivity contribution in [1.82, 2.24) is 5.32 Å². The van der Waals surface area contributed by atoms with E-state index in [0.717, 1.165) is 31.4 Å². The highest BCUT2D eigenvalue weighted by atomic mass is 16.6. The quantitative estimate of drug-likeness (QED) is 0.459.